The van der Waals surface area contributed by atoms with Crippen LogP contribution in [0.5, 0.6) is 0 Å². The smallest absolute Gasteiger partial charge is 0.137 e. The average molecular weight is 499 g/mol. The van der Waals surface area contributed by atoms with Gasteiger partial charge in [0.1, 0.15) is 11.2 Å². The van der Waals surface area contributed by atoms with Crippen molar-refractivity contribution in [3.05, 3.63) is 133 Å². The summed E-state index contributed by atoms with van der Waals surface area (Å²) in [6.07, 6.45) is 0. The standard InChI is InChI=1S/C36H22N2O/c1-2-11-23(12-3-1)37-29-16-7-4-13-24(29)27-21-28-25-14-5-8-17-30(25)38(33(28)22-32(27)37)31-18-10-20-35-36(31)26-15-6-9-19-34(26)39-35/h1-22H. The van der Waals surface area contributed by atoms with E-state index in [9.17, 15) is 0 Å². The maximum atomic E-state index is 6.28. The first-order chi connectivity index (χ1) is 19.4. The third-order valence-corrected chi connectivity index (χ3v) is 8.10. The summed E-state index contributed by atoms with van der Waals surface area (Å²) < 4.78 is 11.1. The molecular formula is C36H22N2O. The molecule has 0 saturated heterocycles. The number of furan rings is 1. The zero-order chi connectivity index (χ0) is 25.5. The zero-order valence-electron chi connectivity index (χ0n) is 21.0. The van der Waals surface area contributed by atoms with E-state index < -0.39 is 0 Å². The average Bonchev–Trinajstić information content (AvgIpc) is 3.64. The van der Waals surface area contributed by atoms with E-state index in [2.05, 4.69) is 130 Å². The van der Waals surface area contributed by atoms with E-state index in [1.807, 2.05) is 12.1 Å². The number of aromatic nitrogens is 2. The molecule has 0 radical (unpaired) electrons. The highest BCUT2D eigenvalue weighted by atomic mass is 16.3. The first-order valence-corrected chi connectivity index (χ1v) is 13.3. The highest BCUT2D eigenvalue weighted by Crippen LogP contribution is 2.41. The van der Waals surface area contributed by atoms with Crippen molar-refractivity contribution in [3.63, 3.8) is 0 Å². The molecule has 0 spiro atoms. The van der Waals surface area contributed by atoms with Crippen LogP contribution in [-0.4, -0.2) is 9.13 Å². The highest BCUT2D eigenvalue weighted by molar-refractivity contribution is 6.20. The second-order valence-electron chi connectivity index (χ2n) is 10.2. The van der Waals surface area contributed by atoms with Gasteiger partial charge >= 0.3 is 0 Å². The second kappa shape index (κ2) is 7.62. The van der Waals surface area contributed by atoms with Crippen LogP contribution in [0, 0.1) is 0 Å². The summed E-state index contributed by atoms with van der Waals surface area (Å²) in [5.74, 6) is 0. The van der Waals surface area contributed by atoms with E-state index >= 15 is 0 Å². The quantitative estimate of drug-likeness (QED) is 0.233. The van der Waals surface area contributed by atoms with Crippen LogP contribution in [0.4, 0.5) is 0 Å². The number of rotatable bonds is 2. The van der Waals surface area contributed by atoms with Crippen molar-refractivity contribution in [2.45, 2.75) is 0 Å². The van der Waals surface area contributed by atoms with Gasteiger partial charge < -0.3 is 13.6 Å². The summed E-state index contributed by atoms with van der Waals surface area (Å²) in [5, 5.41) is 7.29. The van der Waals surface area contributed by atoms with Crippen LogP contribution in [0.1, 0.15) is 0 Å². The molecule has 0 amide bonds. The molecular weight excluding hydrogens is 476 g/mol. The van der Waals surface area contributed by atoms with Crippen molar-refractivity contribution in [3.8, 4) is 11.4 Å². The van der Waals surface area contributed by atoms with Crippen molar-refractivity contribution in [1.82, 2.24) is 9.13 Å². The predicted octanol–water partition coefficient (Wildman–Crippen LogP) is 9.78. The number of para-hydroxylation sites is 4. The van der Waals surface area contributed by atoms with Gasteiger partial charge in [0.25, 0.3) is 0 Å². The largest absolute Gasteiger partial charge is 0.456 e. The van der Waals surface area contributed by atoms with E-state index in [-0.39, 0.29) is 0 Å². The van der Waals surface area contributed by atoms with E-state index in [4.69, 9.17) is 4.42 Å². The van der Waals surface area contributed by atoms with Gasteiger partial charge in [-0.05, 0) is 54.6 Å². The third-order valence-electron chi connectivity index (χ3n) is 8.10. The van der Waals surface area contributed by atoms with Gasteiger partial charge in [0, 0.05) is 32.6 Å². The number of fused-ring (bicyclic) bond motifs is 9. The fourth-order valence-electron chi connectivity index (χ4n) is 6.49. The number of hydrogen-bond donors (Lipinski definition) is 0. The molecule has 0 saturated carbocycles. The topological polar surface area (TPSA) is 23.0 Å². The lowest BCUT2D eigenvalue weighted by atomic mass is 10.1. The van der Waals surface area contributed by atoms with Gasteiger partial charge in [-0.3, -0.25) is 0 Å². The molecule has 6 aromatic carbocycles. The number of hydrogen-bond acceptors (Lipinski definition) is 1. The fourth-order valence-corrected chi connectivity index (χ4v) is 6.49. The van der Waals surface area contributed by atoms with Gasteiger partial charge in [0.05, 0.1) is 33.1 Å². The Morgan fingerprint density at radius 1 is 0.385 bits per heavy atom. The minimum Gasteiger partial charge on any atom is -0.456 e. The molecule has 0 N–H and O–H groups in total. The van der Waals surface area contributed by atoms with Crippen LogP contribution in [0.25, 0.3) is 76.9 Å². The summed E-state index contributed by atoms with van der Waals surface area (Å²) in [7, 11) is 0. The summed E-state index contributed by atoms with van der Waals surface area (Å²) in [6.45, 7) is 0. The molecule has 3 heterocycles. The van der Waals surface area contributed by atoms with Crippen molar-refractivity contribution in [1.29, 1.82) is 0 Å². The van der Waals surface area contributed by atoms with Crippen LogP contribution >= 0.6 is 0 Å². The molecule has 3 heteroatoms. The van der Waals surface area contributed by atoms with Crippen molar-refractivity contribution < 1.29 is 4.42 Å². The van der Waals surface area contributed by atoms with Gasteiger partial charge in [0.15, 0.2) is 0 Å². The molecule has 0 unspecified atom stereocenters. The Morgan fingerprint density at radius 3 is 1.74 bits per heavy atom. The molecule has 3 aromatic heterocycles. The maximum absolute atomic E-state index is 6.28. The molecule has 182 valence electrons. The Balaban J connectivity index is 1.50. The molecule has 0 aliphatic rings. The molecule has 9 aromatic rings. The van der Waals surface area contributed by atoms with Gasteiger partial charge in [-0.15, -0.1) is 0 Å². The van der Waals surface area contributed by atoms with Crippen molar-refractivity contribution in [2.24, 2.45) is 0 Å². The highest BCUT2D eigenvalue weighted by Gasteiger charge is 2.20. The minimum atomic E-state index is 0.902. The fraction of sp³-hybridized carbons (Fsp3) is 0. The number of nitrogens with zero attached hydrogens (tertiary/aromatic N) is 2. The summed E-state index contributed by atoms with van der Waals surface area (Å²) in [5.41, 5.74) is 8.88. The van der Waals surface area contributed by atoms with Crippen molar-refractivity contribution in [2.75, 3.05) is 0 Å². The van der Waals surface area contributed by atoms with Gasteiger partial charge in [-0.2, -0.15) is 0 Å². The van der Waals surface area contributed by atoms with Crippen LogP contribution < -0.4 is 0 Å². The molecule has 3 nitrogen and oxygen atoms in total. The summed E-state index contributed by atoms with van der Waals surface area (Å²) in [6, 6.07) is 47.6. The Kier molecular flexibility index (Phi) is 4.05. The first kappa shape index (κ1) is 20.7. The molecule has 0 atom stereocenters. The van der Waals surface area contributed by atoms with Crippen LogP contribution in [0.15, 0.2) is 138 Å². The van der Waals surface area contributed by atoms with Gasteiger partial charge in [-0.1, -0.05) is 78.9 Å². The first-order valence-electron chi connectivity index (χ1n) is 13.3. The van der Waals surface area contributed by atoms with E-state index in [1.165, 1.54) is 43.6 Å². The molecule has 9 rings (SSSR count). The lowest BCUT2D eigenvalue weighted by molar-refractivity contribution is 0.669. The molecule has 0 aliphatic heterocycles. The molecule has 39 heavy (non-hydrogen) atoms. The van der Waals surface area contributed by atoms with E-state index in [0.717, 1.165) is 33.3 Å². The Morgan fingerprint density at radius 2 is 0.974 bits per heavy atom. The second-order valence-corrected chi connectivity index (χ2v) is 10.2. The maximum Gasteiger partial charge on any atom is 0.137 e. The third kappa shape index (κ3) is 2.76. The zero-order valence-corrected chi connectivity index (χ0v) is 21.0. The summed E-state index contributed by atoms with van der Waals surface area (Å²) >= 11 is 0. The normalized spacial score (nSPS) is 12.1. The minimum absolute atomic E-state index is 0.902. The van der Waals surface area contributed by atoms with Gasteiger partial charge in [-0.25, -0.2) is 0 Å². The van der Waals surface area contributed by atoms with Crippen LogP contribution in [-0.2, 0) is 0 Å². The Labute approximate surface area is 223 Å². The van der Waals surface area contributed by atoms with Gasteiger partial charge in [0.2, 0.25) is 0 Å². The molecule has 0 aliphatic carbocycles. The Hall–Kier alpha value is -5.28. The number of benzene rings is 6. The van der Waals surface area contributed by atoms with E-state index in [0.29, 0.717) is 0 Å². The van der Waals surface area contributed by atoms with Crippen LogP contribution in [0.2, 0.25) is 0 Å². The Bertz CT molecular complexity index is 2390. The lowest BCUT2D eigenvalue weighted by Gasteiger charge is -2.11. The molecule has 0 bridgehead atoms. The van der Waals surface area contributed by atoms with Crippen molar-refractivity contribution >= 4 is 65.6 Å². The van der Waals surface area contributed by atoms with E-state index in [1.54, 1.807) is 0 Å². The SMILES string of the molecule is c1ccc(-n2c3ccccc3c3cc4c5ccccc5n(-c5cccc6oc7ccccc7c56)c4cc32)cc1. The lowest BCUT2D eigenvalue weighted by Crippen LogP contribution is -1.96. The molecule has 0 fully saturated rings. The monoisotopic (exact) mass is 498 g/mol. The van der Waals surface area contributed by atoms with Crippen LogP contribution in [0.3, 0.4) is 0 Å². The summed E-state index contributed by atoms with van der Waals surface area (Å²) in [4.78, 5) is 0. The predicted molar refractivity (Wildman–Crippen MR) is 162 cm³/mol.